The normalized spacial score (nSPS) is 17.2. The maximum absolute atomic E-state index is 13.7. The average Bonchev–Trinajstić information content (AvgIpc) is 2.40. The predicted molar refractivity (Wildman–Crippen MR) is 75.9 cm³/mol. The Morgan fingerprint density at radius 3 is 2.72 bits per heavy atom. The third kappa shape index (κ3) is 3.04. The minimum absolute atomic E-state index is 0.128. The molecule has 0 saturated carbocycles. The number of halogens is 2. The van der Waals surface area contributed by atoms with Gasteiger partial charge in [-0.15, -0.1) is 0 Å². The highest BCUT2D eigenvalue weighted by molar-refractivity contribution is 9.08. The van der Waals surface area contributed by atoms with E-state index in [1.54, 1.807) is 6.07 Å². The zero-order valence-corrected chi connectivity index (χ0v) is 12.2. The smallest absolute Gasteiger partial charge is 0.129 e. The summed E-state index contributed by atoms with van der Waals surface area (Å²) in [7, 11) is 0. The van der Waals surface area contributed by atoms with Crippen molar-refractivity contribution in [2.75, 3.05) is 24.6 Å². The molecule has 0 bridgehead atoms. The van der Waals surface area contributed by atoms with Crippen LogP contribution in [0.5, 0.6) is 0 Å². The summed E-state index contributed by atoms with van der Waals surface area (Å²) in [5, 5.41) is 0.556. The Bertz CT molecular complexity index is 391. The first-order chi connectivity index (χ1) is 8.76. The van der Waals surface area contributed by atoms with E-state index in [1.165, 1.54) is 6.07 Å². The molecule has 0 unspecified atom stereocenters. The quantitative estimate of drug-likeness (QED) is 0.785. The second kappa shape index (κ2) is 6.53. The first kappa shape index (κ1) is 13.8. The van der Waals surface area contributed by atoms with Gasteiger partial charge in [0.2, 0.25) is 0 Å². The van der Waals surface area contributed by atoms with E-state index in [0.29, 0.717) is 11.4 Å². The van der Waals surface area contributed by atoms with Crippen LogP contribution in [-0.4, -0.2) is 25.8 Å². The monoisotopic (exact) mass is 315 g/mol. The van der Waals surface area contributed by atoms with Crippen LogP contribution in [-0.2, 0) is 10.1 Å². The van der Waals surface area contributed by atoms with Crippen molar-refractivity contribution in [3.8, 4) is 0 Å². The van der Waals surface area contributed by atoms with Crippen LogP contribution in [0.15, 0.2) is 18.2 Å². The lowest BCUT2D eigenvalue weighted by atomic mass is 10.1. The van der Waals surface area contributed by atoms with Gasteiger partial charge in [-0.3, -0.25) is 0 Å². The van der Waals surface area contributed by atoms with Gasteiger partial charge in [-0.2, -0.15) is 0 Å². The van der Waals surface area contributed by atoms with Gasteiger partial charge in [0.15, 0.2) is 0 Å². The number of rotatable bonds is 4. The molecule has 0 radical (unpaired) electrons. The minimum Gasteiger partial charge on any atom is -0.378 e. The van der Waals surface area contributed by atoms with Gasteiger partial charge in [0.25, 0.3) is 0 Å². The van der Waals surface area contributed by atoms with Gasteiger partial charge in [-0.05, 0) is 31.9 Å². The molecule has 1 aromatic carbocycles. The predicted octanol–water partition coefficient (Wildman–Crippen LogP) is 3.73. The van der Waals surface area contributed by atoms with Crippen LogP contribution in [0, 0.1) is 5.82 Å². The molecule has 1 aromatic rings. The van der Waals surface area contributed by atoms with Crippen LogP contribution < -0.4 is 4.90 Å². The molecule has 0 aliphatic carbocycles. The van der Waals surface area contributed by atoms with Gasteiger partial charge in [-0.25, -0.2) is 4.39 Å². The van der Waals surface area contributed by atoms with Crippen molar-refractivity contribution in [2.45, 2.75) is 31.2 Å². The van der Waals surface area contributed by atoms with Crippen molar-refractivity contribution >= 4 is 21.6 Å². The number of piperidine rings is 1. The fourth-order valence-corrected chi connectivity index (χ4v) is 3.03. The zero-order chi connectivity index (χ0) is 13.0. The van der Waals surface area contributed by atoms with Gasteiger partial charge >= 0.3 is 0 Å². The van der Waals surface area contributed by atoms with Crippen molar-refractivity contribution < 1.29 is 9.13 Å². The van der Waals surface area contributed by atoms with Crippen LogP contribution in [0.2, 0.25) is 0 Å². The van der Waals surface area contributed by atoms with Crippen LogP contribution in [0.25, 0.3) is 0 Å². The molecule has 1 saturated heterocycles. The molecule has 1 aliphatic heterocycles. The molecule has 1 heterocycles. The SMILES string of the molecule is CCOC1CCN(c2cccc(F)c2CBr)CC1. The zero-order valence-electron chi connectivity index (χ0n) is 10.7. The number of hydrogen-bond donors (Lipinski definition) is 0. The Balaban J connectivity index is 2.07. The molecule has 4 heteroatoms. The van der Waals surface area contributed by atoms with Gasteiger partial charge in [-0.1, -0.05) is 22.0 Å². The number of benzene rings is 1. The summed E-state index contributed by atoms with van der Waals surface area (Å²) < 4.78 is 19.4. The molecule has 0 spiro atoms. The standard InChI is InChI=1S/C14H19BrFNO/c1-2-18-11-6-8-17(9-7-11)14-5-3-4-13(16)12(14)10-15/h3-5,11H,2,6-10H2,1H3. The molecule has 1 aliphatic rings. The van der Waals surface area contributed by atoms with E-state index in [9.17, 15) is 4.39 Å². The number of nitrogens with zero attached hydrogens (tertiary/aromatic N) is 1. The number of anilines is 1. The van der Waals surface area contributed by atoms with Crippen molar-refractivity contribution in [1.82, 2.24) is 0 Å². The number of alkyl halides is 1. The second-order valence-electron chi connectivity index (χ2n) is 4.51. The van der Waals surface area contributed by atoms with Crippen LogP contribution >= 0.6 is 15.9 Å². The molecule has 100 valence electrons. The summed E-state index contributed by atoms with van der Waals surface area (Å²) in [6, 6.07) is 5.30. The highest BCUT2D eigenvalue weighted by Crippen LogP contribution is 2.28. The highest BCUT2D eigenvalue weighted by Gasteiger charge is 2.21. The fraction of sp³-hybridized carbons (Fsp3) is 0.571. The molecular weight excluding hydrogens is 297 g/mol. The van der Waals surface area contributed by atoms with E-state index in [0.717, 1.165) is 43.8 Å². The van der Waals surface area contributed by atoms with E-state index in [1.807, 2.05) is 13.0 Å². The van der Waals surface area contributed by atoms with Crippen LogP contribution in [0.4, 0.5) is 10.1 Å². The van der Waals surface area contributed by atoms with E-state index in [2.05, 4.69) is 20.8 Å². The summed E-state index contributed by atoms with van der Waals surface area (Å²) in [6.07, 6.45) is 2.41. The lowest BCUT2D eigenvalue weighted by Gasteiger charge is -2.34. The van der Waals surface area contributed by atoms with Crippen molar-refractivity contribution in [2.24, 2.45) is 0 Å². The van der Waals surface area contributed by atoms with E-state index >= 15 is 0 Å². The van der Waals surface area contributed by atoms with Gasteiger partial charge in [0.1, 0.15) is 5.82 Å². The summed E-state index contributed by atoms with van der Waals surface area (Å²) in [5.41, 5.74) is 1.77. The molecule has 0 amide bonds. The minimum atomic E-state index is -0.128. The molecule has 2 rings (SSSR count). The third-order valence-corrected chi connectivity index (χ3v) is 3.97. The molecule has 0 aromatic heterocycles. The van der Waals surface area contributed by atoms with Gasteiger partial charge in [0.05, 0.1) is 6.10 Å². The second-order valence-corrected chi connectivity index (χ2v) is 5.07. The third-order valence-electron chi connectivity index (χ3n) is 3.41. The van der Waals surface area contributed by atoms with Crippen molar-refractivity contribution in [3.63, 3.8) is 0 Å². The van der Waals surface area contributed by atoms with Crippen LogP contribution in [0.1, 0.15) is 25.3 Å². The van der Waals surface area contributed by atoms with Crippen molar-refractivity contribution in [3.05, 3.63) is 29.6 Å². The van der Waals surface area contributed by atoms with Gasteiger partial charge in [0, 0.05) is 36.3 Å². The van der Waals surface area contributed by atoms with Gasteiger partial charge < -0.3 is 9.64 Å². The first-order valence-electron chi connectivity index (χ1n) is 6.46. The van der Waals surface area contributed by atoms with E-state index < -0.39 is 0 Å². The lowest BCUT2D eigenvalue weighted by molar-refractivity contribution is 0.0459. The molecule has 1 fully saturated rings. The molecular formula is C14H19BrFNO. The molecule has 0 atom stereocenters. The molecule has 0 N–H and O–H groups in total. The largest absolute Gasteiger partial charge is 0.378 e. The van der Waals surface area contributed by atoms with E-state index in [-0.39, 0.29) is 5.82 Å². The highest BCUT2D eigenvalue weighted by atomic mass is 79.9. The lowest BCUT2D eigenvalue weighted by Crippen LogP contribution is -2.37. The first-order valence-corrected chi connectivity index (χ1v) is 7.58. The Hall–Kier alpha value is -0.610. The maximum Gasteiger partial charge on any atom is 0.129 e. The summed E-state index contributed by atoms with van der Waals surface area (Å²) in [6.45, 7) is 4.68. The summed E-state index contributed by atoms with van der Waals surface area (Å²) >= 11 is 3.37. The van der Waals surface area contributed by atoms with E-state index in [4.69, 9.17) is 4.74 Å². The summed E-state index contributed by atoms with van der Waals surface area (Å²) in [5.74, 6) is -0.128. The Morgan fingerprint density at radius 2 is 2.11 bits per heavy atom. The fourth-order valence-electron chi connectivity index (χ4n) is 2.47. The Labute approximate surface area is 116 Å². The number of ether oxygens (including phenoxy) is 1. The van der Waals surface area contributed by atoms with Crippen LogP contribution in [0.3, 0.4) is 0 Å². The summed E-state index contributed by atoms with van der Waals surface area (Å²) in [4.78, 5) is 2.26. The molecule has 18 heavy (non-hydrogen) atoms. The average molecular weight is 316 g/mol. The van der Waals surface area contributed by atoms with Crippen molar-refractivity contribution in [1.29, 1.82) is 0 Å². The topological polar surface area (TPSA) is 12.5 Å². The molecule has 2 nitrogen and oxygen atoms in total. The Morgan fingerprint density at radius 1 is 1.39 bits per heavy atom. The maximum atomic E-state index is 13.7. The number of hydrogen-bond acceptors (Lipinski definition) is 2. The Kier molecular flexibility index (Phi) is 5.01.